The fraction of sp³-hybridized carbons (Fsp3) is 0.222. The van der Waals surface area contributed by atoms with E-state index in [-0.39, 0.29) is 6.61 Å². The molecule has 0 fully saturated rings. The molecule has 0 bridgehead atoms. The van der Waals surface area contributed by atoms with Gasteiger partial charge in [-0.3, -0.25) is 4.98 Å². The summed E-state index contributed by atoms with van der Waals surface area (Å²) < 4.78 is 7.47. The highest BCUT2D eigenvalue weighted by molar-refractivity contribution is 6.31. The third-order valence-corrected chi connectivity index (χ3v) is 3.94. The Labute approximate surface area is 145 Å². The van der Waals surface area contributed by atoms with Gasteiger partial charge in [0, 0.05) is 35.4 Å². The van der Waals surface area contributed by atoms with Crippen molar-refractivity contribution < 1.29 is 9.84 Å². The quantitative estimate of drug-likeness (QED) is 0.715. The summed E-state index contributed by atoms with van der Waals surface area (Å²) in [6.45, 7) is 0.985. The number of aromatic nitrogens is 3. The second-order valence-corrected chi connectivity index (χ2v) is 5.81. The Hall–Kier alpha value is -2.21. The highest BCUT2D eigenvalue weighted by atomic mass is 35.5. The summed E-state index contributed by atoms with van der Waals surface area (Å²) >= 11 is 6.08. The van der Waals surface area contributed by atoms with E-state index in [9.17, 15) is 5.11 Å². The topological polar surface area (TPSA) is 60.2 Å². The summed E-state index contributed by atoms with van der Waals surface area (Å²) in [5, 5.41) is 10.9. The molecule has 0 saturated carbocycles. The summed E-state index contributed by atoms with van der Waals surface area (Å²) in [4.78, 5) is 8.43. The molecule has 2 heterocycles. The van der Waals surface area contributed by atoms with Crippen LogP contribution >= 0.6 is 11.6 Å². The number of imidazole rings is 1. The van der Waals surface area contributed by atoms with E-state index in [1.54, 1.807) is 18.6 Å². The number of nitrogens with zero attached hydrogens (tertiary/aromatic N) is 3. The van der Waals surface area contributed by atoms with Gasteiger partial charge in [-0.25, -0.2) is 4.98 Å². The number of ether oxygens (including phenoxy) is 1. The predicted molar refractivity (Wildman–Crippen MR) is 92.6 cm³/mol. The van der Waals surface area contributed by atoms with Crippen molar-refractivity contribution in [2.24, 2.45) is 0 Å². The largest absolute Gasteiger partial charge is 0.389 e. The van der Waals surface area contributed by atoms with Crippen LogP contribution in [0.1, 0.15) is 5.56 Å². The molecule has 0 saturated heterocycles. The van der Waals surface area contributed by atoms with Crippen LogP contribution < -0.4 is 0 Å². The molecule has 1 aromatic carbocycles. The lowest BCUT2D eigenvalue weighted by Crippen LogP contribution is -2.22. The summed E-state index contributed by atoms with van der Waals surface area (Å²) in [5.74, 6) is 0.772. The Morgan fingerprint density at radius 1 is 1.17 bits per heavy atom. The minimum atomic E-state index is -0.642. The third-order valence-electron chi connectivity index (χ3n) is 3.57. The average Bonchev–Trinajstić information content (AvgIpc) is 3.05. The van der Waals surface area contributed by atoms with Gasteiger partial charge in [0.1, 0.15) is 5.82 Å². The first-order valence-electron chi connectivity index (χ1n) is 7.65. The zero-order valence-electron chi connectivity index (χ0n) is 13.0. The molecular weight excluding hydrogens is 326 g/mol. The first-order valence-corrected chi connectivity index (χ1v) is 8.02. The zero-order chi connectivity index (χ0) is 16.8. The maximum Gasteiger partial charge on any atom is 0.141 e. The summed E-state index contributed by atoms with van der Waals surface area (Å²) in [7, 11) is 0. The van der Waals surface area contributed by atoms with Gasteiger partial charge in [0.2, 0.25) is 0 Å². The molecule has 1 N–H and O–H groups in total. The Bertz CT molecular complexity index is 777. The lowest BCUT2D eigenvalue weighted by molar-refractivity contribution is 0.0206. The van der Waals surface area contributed by atoms with E-state index >= 15 is 0 Å². The first-order chi connectivity index (χ1) is 11.7. The lowest BCUT2D eigenvalue weighted by atomic mass is 10.2. The highest BCUT2D eigenvalue weighted by Crippen LogP contribution is 2.17. The zero-order valence-corrected chi connectivity index (χ0v) is 13.8. The normalized spacial score (nSPS) is 12.2. The SMILES string of the molecule is OC(COCc1ccccc1Cl)Cn1ccnc1-c1cccnc1. The van der Waals surface area contributed by atoms with Crippen molar-refractivity contribution in [1.82, 2.24) is 14.5 Å². The number of aliphatic hydroxyl groups excluding tert-OH is 1. The van der Waals surface area contributed by atoms with E-state index in [1.807, 2.05) is 47.2 Å². The number of benzene rings is 1. The fourth-order valence-electron chi connectivity index (χ4n) is 2.41. The molecule has 1 atom stereocenters. The minimum Gasteiger partial charge on any atom is -0.389 e. The molecule has 3 rings (SSSR count). The highest BCUT2D eigenvalue weighted by Gasteiger charge is 2.11. The number of hydrogen-bond acceptors (Lipinski definition) is 4. The molecule has 0 amide bonds. The van der Waals surface area contributed by atoms with Crippen LogP contribution in [-0.2, 0) is 17.9 Å². The first kappa shape index (κ1) is 16.6. The molecule has 0 aliphatic heterocycles. The van der Waals surface area contributed by atoms with E-state index in [0.717, 1.165) is 17.0 Å². The molecule has 0 radical (unpaired) electrons. The van der Waals surface area contributed by atoms with Crippen molar-refractivity contribution in [2.75, 3.05) is 6.61 Å². The van der Waals surface area contributed by atoms with E-state index in [4.69, 9.17) is 16.3 Å². The second-order valence-electron chi connectivity index (χ2n) is 5.41. The van der Waals surface area contributed by atoms with Gasteiger partial charge >= 0.3 is 0 Å². The maximum absolute atomic E-state index is 10.2. The van der Waals surface area contributed by atoms with E-state index in [0.29, 0.717) is 18.2 Å². The van der Waals surface area contributed by atoms with Gasteiger partial charge in [-0.1, -0.05) is 29.8 Å². The van der Waals surface area contributed by atoms with Crippen LogP contribution in [-0.4, -0.2) is 32.4 Å². The van der Waals surface area contributed by atoms with Crippen molar-refractivity contribution in [2.45, 2.75) is 19.3 Å². The predicted octanol–water partition coefficient (Wildman–Crippen LogP) is 3.18. The molecule has 0 aliphatic rings. The summed E-state index contributed by atoms with van der Waals surface area (Å²) in [5.41, 5.74) is 1.82. The van der Waals surface area contributed by atoms with Crippen molar-refractivity contribution in [3.8, 4) is 11.4 Å². The second kappa shape index (κ2) is 8.06. The Balaban J connectivity index is 1.55. The molecule has 0 spiro atoms. The fourth-order valence-corrected chi connectivity index (χ4v) is 2.60. The van der Waals surface area contributed by atoms with Crippen LogP contribution in [0.4, 0.5) is 0 Å². The number of hydrogen-bond donors (Lipinski definition) is 1. The standard InChI is InChI=1S/C18H18ClN3O2/c19-17-6-2-1-4-15(17)12-24-13-16(23)11-22-9-8-21-18(22)14-5-3-7-20-10-14/h1-10,16,23H,11-13H2. The van der Waals surface area contributed by atoms with Gasteiger partial charge < -0.3 is 14.4 Å². The van der Waals surface area contributed by atoms with Crippen LogP contribution in [0.25, 0.3) is 11.4 Å². The molecule has 2 aromatic heterocycles. The van der Waals surface area contributed by atoms with Crippen molar-refractivity contribution in [3.63, 3.8) is 0 Å². The molecule has 0 aliphatic carbocycles. The summed E-state index contributed by atoms with van der Waals surface area (Å²) in [6, 6.07) is 11.3. The average molecular weight is 344 g/mol. The van der Waals surface area contributed by atoms with Crippen LogP contribution in [0.15, 0.2) is 61.2 Å². The molecule has 24 heavy (non-hydrogen) atoms. The molecule has 5 nitrogen and oxygen atoms in total. The van der Waals surface area contributed by atoms with Crippen LogP contribution in [0, 0.1) is 0 Å². The third kappa shape index (κ3) is 4.20. The van der Waals surface area contributed by atoms with E-state index < -0.39 is 6.10 Å². The van der Waals surface area contributed by atoms with Crippen LogP contribution in [0.3, 0.4) is 0 Å². The van der Waals surface area contributed by atoms with Gasteiger partial charge in [-0.05, 0) is 23.8 Å². The van der Waals surface area contributed by atoms with Gasteiger partial charge in [-0.15, -0.1) is 0 Å². The Kier molecular flexibility index (Phi) is 5.59. The van der Waals surface area contributed by atoms with Gasteiger partial charge in [-0.2, -0.15) is 0 Å². The van der Waals surface area contributed by atoms with Gasteiger partial charge in [0.25, 0.3) is 0 Å². The Morgan fingerprint density at radius 2 is 2.04 bits per heavy atom. The van der Waals surface area contributed by atoms with E-state index in [2.05, 4.69) is 9.97 Å². The van der Waals surface area contributed by atoms with Crippen LogP contribution in [0.5, 0.6) is 0 Å². The number of halogens is 1. The van der Waals surface area contributed by atoms with E-state index in [1.165, 1.54) is 0 Å². The van der Waals surface area contributed by atoms with Crippen molar-refractivity contribution in [3.05, 3.63) is 71.8 Å². The molecule has 6 heteroatoms. The Morgan fingerprint density at radius 3 is 2.83 bits per heavy atom. The molecule has 3 aromatic rings. The maximum atomic E-state index is 10.2. The van der Waals surface area contributed by atoms with Gasteiger partial charge in [0.05, 0.1) is 25.9 Å². The minimum absolute atomic E-state index is 0.218. The number of pyridine rings is 1. The van der Waals surface area contributed by atoms with Crippen molar-refractivity contribution >= 4 is 11.6 Å². The monoisotopic (exact) mass is 343 g/mol. The smallest absolute Gasteiger partial charge is 0.141 e. The number of rotatable bonds is 7. The molecule has 124 valence electrons. The van der Waals surface area contributed by atoms with Gasteiger partial charge in [0.15, 0.2) is 0 Å². The summed E-state index contributed by atoms with van der Waals surface area (Å²) in [6.07, 6.45) is 6.36. The van der Waals surface area contributed by atoms with Crippen LogP contribution in [0.2, 0.25) is 5.02 Å². The lowest BCUT2D eigenvalue weighted by Gasteiger charge is -2.14. The molecular formula is C18H18ClN3O2. The molecule has 1 unspecified atom stereocenters. The van der Waals surface area contributed by atoms with Crippen molar-refractivity contribution in [1.29, 1.82) is 0 Å². The number of aliphatic hydroxyl groups is 1.